The summed E-state index contributed by atoms with van der Waals surface area (Å²) in [5.41, 5.74) is -2.94. The van der Waals surface area contributed by atoms with Gasteiger partial charge in [0.15, 0.2) is 0 Å². The number of aliphatic hydroxyl groups is 2. The zero-order valence-electron chi connectivity index (χ0n) is 29.0. The van der Waals surface area contributed by atoms with Crippen LogP contribution in [-0.4, -0.2) is 127 Å². The van der Waals surface area contributed by atoms with Crippen molar-refractivity contribution in [2.45, 2.75) is 116 Å². The summed E-state index contributed by atoms with van der Waals surface area (Å²) in [6, 6.07) is 0. The lowest BCUT2D eigenvalue weighted by Gasteiger charge is -2.44. The zero-order valence-corrected chi connectivity index (χ0v) is 29.0. The molecule has 0 radical (unpaired) electrons. The molecule has 0 aliphatic heterocycles. The van der Waals surface area contributed by atoms with Gasteiger partial charge in [-0.15, -0.1) is 0 Å². The van der Waals surface area contributed by atoms with E-state index < -0.39 is 11.2 Å². The van der Waals surface area contributed by atoms with Gasteiger partial charge >= 0.3 is 0 Å². The summed E-state index contributed by atoms with van der Waals surface area (Å²) in [6.45, 7) is 16.3. The van der Waals surface area contributed by atoms with Crippen molar-refractivity contribution in [2.75, 3.05) is 106 Å². The second-order valence-electron chi connectivity index (χ2n) is 11.4. The number of unbranched alkanes of at least 4 members (excludes halogenated alkanes) is 4. The first-order valence-corrected chi connectivity index (χ1v) is 17.6. The molecule has 44 heavy (non-hydrogen) atoms. The topological polar surface area (TPSA) is 114 Å². The Labute approximate surface area is 269 Å². The van der Waals surface area contributed by atoms with Crippen LogP contribution < -0.4 is 0 Å². The van der Waals surface area contributed by atoms with Gasteiger partial charge in [-0.05, 0) is 25.7 Å². The largest absolute Gasteiger partial charge is 0.387 e. The monoisotopic (exact) mass is 638 g/mol. The molecule has 0 unspecified atom stereocenters. The van der Waals surface area contributed by atoms with Crippen LogP contribution in [0.15, 0.2) is 0 Å². The van der Waals surface area contributed by atoms with Crippen molar-refractivity contribution in [2.24, 2.45) is 0 Å². The molecule has 0 rings (SSSR count). The first-order chi connectivity index (χ1) is 21.5. The van der Waals surface area contributed by atoms with E-state index in [4.69, 9.17) is 37.9 Å². The smallest absolute Gasteiger partial charge is 0.0978 e. The van der Waals surface area contributed by atoms with E-state index in [1.807, 2.05) is 0 Å². The molecule has 2 N–H and O–H groups in total. The Kier molecular flexibility index (Phi) is 32.2. The molecule has 0 fully saturated rings. The maximum atomic E-state index is 12.0. The SMILES string of the molecule is CCCCOCCOCCC(O)(CCOCCOCCCC)C(O)(CCOCCOCCCC)CCOCCOCCCC. The third-order valence-corrected chi connectivity index (χ3v) is 7.56. The van der Waals surface area contributed by atoms with Crippen LogP contribution in [0, 0.1) is 0 Å². The van der Waals surface area contributed by atoms with Gasteiger partial charge in [0.1, 0.15) is 0 Å². The van der Waals surface area contributed by atoms with E-state index in [1.54, 1.807) is 0 Å². The molecule has 0 spiro atoms. The minimum Gasteiger partial charge on any atom is -0.387 e. The molecule has 0 saturated heterocycles. The third-order valence-electron chi connectivity index (χ3n) is 7.56. The third kappa shape index (κ3) is 24.8. The van der Waals surface area contributed by atoms with Crippen molar-refractivity contribution in [3.8, 4) is 0 Å². The van der Waals surface area contributed by atoms with E-state index in [0.717, 1.165) is 77.8 Å². The first kappa shape index (κ1) is 43.6. The predicted octanol–water partition coefficient (Wildman–Crippen LogP) is 5.34. The van der Waals surface area contributed by atoms with Crippen molar-refractivity contribution in [3.63, 3.8) is 0 Å². The van der Waals surface area contributed by atoms with Crippen molar-refractivity contribution in [3.05, 3.63) is 0 Å². The highest BCUT2D eigenvalue weighted by Crippen LogP contribution is 2.36. The number of hydrogen-bond donors (Lipinski definition) is 2. The fourth-order valence-electron chi connectivity index (χ4n) is 4.42. The average Bonchev–Trinajstić information content (AvgIpc) is 3.02. The summed E-state index contributed by atoms with van der Waals surface area (Å²) >= 11 is 0. The molecular weight excluding hydrogens is 568 g/mol. The molecule has 0 atom stereocenters. The van der Waals surface area contributed by atoms with Gasteiger partial charge < -0.3 is 48.1 Å². The number of hydrogen-bond acceptors (Lipinski definition) is 10. The van der Waals surface area contributed by atoms with E-state index >= 15 is 0 Å². The van der Waals surface area contributed by atoms with Crippen LogP contribution in [0.3, 0.4) is 0 Å². The molecule has 0 aliphatic rings. The Morgan fingerprint density at radius 2 is 0.477 bits per heavy atom. The van der Waals surface area contributed by atoms with Gasteiger partial charge in [0, 0.05) is 78.5 Å². The highest BCUT2D eigenvalue weighted by atomic mass is 16.5. The second-order valence-corrected chi connectivity index (χ2v) is 11.4. The highest BCUT2D eigenvalue weighted by Gasteiger charge is 2.48. The Hall–Kier alpha value is -0.400. The van der Waals surface area contributed by atoms with Crippen LogP contribution in [0.5, 0.6) is 0 Å². The fraction of sp³-hybridized carbons (Fsp3) is 1.00. The van der Waals surface area contributed by atoms with Gasteiger partial charge in [0.25, 0.3) is 0 Å². The van der Waals surface area contributed by atoms with Crippen LogP contribution in [0.1, 0.15) is 105 Å². The minimum atomic E-state index is -1.47. The van der Waals surface area contributed by atoms with Crippen LogP contribution in [0.25, 0.3) is 0 Å². The molecule has 0 aromatic rings. The van der Waals surface area contributed by atoms with Crippen molar-refractivity contribution in [1.82, 2.24) is 0 Å². The summed E-state index contributed by atoms with van der Waals surface area (Å²) in [7, 11) is 0. The molecule has 266 valence electrons. The molecule has 0 aliphatic carbocycles. The van der Waals surface area contributed by atoms with E-state index in [0.29, 0.717) is 52.9 Å². The molecule has 0 aromatic heterocycles. The maximum absolute atomic E-state index is 12.0. The second kappa shape index (κ2) is 32.5. The fourth-order valence-corrected chi connectivity index (χ4v) is 4.42. The molecule has 0 heterocycles. The van der Waals surface area contributed by atoms with E-state index in [2.05, 4.69) is 27.7 Å². The van der Waals surface area contributed by atoms with Crippen LogP contribution in [0.4, 0.5) is 0 Å². The van der Waals surface area contributed by atoms with Gasteiger partial charge in [-0.2, -0.15) is 0 Å². The summed E-state index contributed by atoms with van der Waals surface area (Å²) in [5.74, 6) is 0. The van der Waals surface area contributed by atoms with Gasteiger partial charge in [-0.25, -0.2) is 0 Å². The molecule has 10 nitrogen and oxygen atoms in total. The lowest BCUT2D eigenvalue weighted by molar-refractivity contribution is -0.191. The molecule has 0 amide bonds. The molecular formula is C34H70O10. The van der Waals surface area contributed by atoms with Gasteiger partial charge in [-0.1, -0.05) is 53.4 Å². The standard InChI is InChI=1S/C34H70O10/c1-5-9-17-37-25-29-41-21-13-33(35,14-22-42-30-26-38-18-10-6-2)34(36,15-23-43-31-27-39-19-11-7-3)16-24-44-32-28-40-20-12-8-4/h35-36H,5-32H2,1-4H3. The van der Waals surface area contributed by atoms with Crippen molar-refractivity contribution < 1.29 is 48.1 Å². The van der Waals surface area contributed by atoms with Gasteiger partial charge in [0.2, 0.25) is 0 Å². The first-order valence-electron chi connectivity index (χ1n) is 17.6. The summed E-state index contributed by atoms with van der Waals surface area (Å²) < 4.78 is 45.6. The van der Waals surface area contributed by atoms with Gasteiger partial charge in [-0.3, -0.25) is 0 Å². The molecule has 0 bridgehead atoms. The number of rotatable bonds is 37. The van der Waals surface area contributed by atoms with Crippen LogP contribution in [0.2, 0.25) is 0 Å². The zero-order chi connectivity index (χ0) is 32.5. The van der Waals surface area contributed by atoms with E-state index in [1.165, 1.54) is 0 Å². The van der Waals surface area contributed by atoms with E-state index in [-0.39, 0.29) is 52.1 Å². The van der Waals surface area contributed by atoms with Gasteiger partial charge in [0.05, 0.1) is 64.1 Å². The quantitative estimate of drug-likeness (QED) is 0.0865. The minimum absolute atomic E-state index is 0.245. The lowest BCUT2D eigenvalue weighted by Crippen LogP contribution is -2.56. The Balaban J connectivity index is 5.16. The Morgan fingerprint density at radius 1 is 0.295 bits per heavy atom. The van der Waals surface area contributed by atoms with Crippen molar-refractivity contribution >= 4 is 0 Å². The molecule has 0 saturated carbocycles. The average molecular weight is 639 g/mol. The lowest BCUT2D eigenvalue weighted by atomic mass is 9.74. The normalized spacial score (nSPS) is 12.4. The highest BCUT2D eigenvalue weighted by molar-refractivity contribution is 5.00. The van der Waals surface area contributed by atoms with E-state index in [9.17, 15) is 10.2 Å². The Bertz CT molecular complexity index is 478. The summed E-state index contributed by atoms with van der Waals surface area (Å²) in [5, 5.41) is 24.1. The molecule has 0 aromatic carbocycles. The molecule has 10 heteroatoms. The Morgan fingerprint density at radius 3 is 0.659 bits per heavy atom. The predicted molar refractivity (Wildman–Crippen MR) is 175 cm³/mol. The summed E-state index contributed by atoms with van der Waals surface area (Å²) in [4.78, 5) is 0. The maximum Gasteiger partial charge on any atom is 0.0978 e. The van der Waals surface area contributed by atoms with Crippen molar-refractivity contribution in [1.29, 1.82) is 0 Å². The number of ether oxygens (including phenoxy) is 8. The van der Waals surface area contributed by atoms with Crippen LogP contribution in [-0.2, 0) is 37.9 Å². The summed E-state index contributed by atoms with van der Waals surface area (Å²) in [6.07, 6.45) is 9.43. The van der Waals surface area contributed by atoms with Crippen LogP contribution >= 0.6 is 0 Å².